The zero-order valence-corrected chi connectivity index (χ0v) is 13.3. The first kappa shape index (κ1) is 14.9. The Kier molecular flexibility index (Phi) is 4.05. The summed E-state index contributed by atoms with van der Waals surface area (Å²) in [6.07, 6.45) is 0. The van der Waals surface area contributed by atoms with Crippen molar-refractivity contribution in [2.75, 3.05) is 0 Å². The Balaban J connectivity index is 1.89. The predicted molar refractivity (Wildman–Crippen MR) is 89.4 cm³/mol. The van der Waals surface area contributed by atoms with Crippen LogP contribution in [-0.2, 0) is 0 Å². The van der Waals surface area contributed by atoms with E-state index in [9.17, 15) is 9.59 Å². The number of hydrogen-bond donors (Lipinski definition) is 0. The van der Waals surface area contributed by atoms with Gasteiger partial charge in [0.05, 0.1) is 16.2 Å². The second kappa shape index (κ2) is 5.99. The average molecular weight is 330 g/mol. The zero-order chi connectivity index (χ0) is 15.7. The van der Waals surface area contributed by atoms with Crippen LogP contribution >= 0.6 is 23.5 Å². The van der Waals surface area contributed by atoms with Gasteiger partial charge in [0, 0.05) is 4.91 Å². The van der Waals surface area contributed by atoms with Gasteiger partial charge in [0.1, 0.15) is 0 Å². The minimum atomic E-state index is -0.303. The molecule has 0 spiro atoms. The van der Waals surface area contributed by atoms with Gasteiger partial charge in [-0.2, -0.15) is 0 Å². The lowest BCUT2D eigenvalue weighted by Crippen LogP contribution is -2.22. The molecule has 2 amide bonds. The fourth-order valence-electron chi connectivity index (χ4n) is 2.21. The number of benzene rings is 2. The molecule has 1 aliphatic rings. The van der Waals surface area contributed by atoms with Crippen LogP contribution in [0.25, 0.3) is 5.03 Å². The number of halogens is 1. The molecule has 0 fully saturated rings. The van der Waals surface area contributed by atoms with Gasteiger partial charge in [0.15, 0.2) is 0 Å². The zero-order valence-electron chi connectivity index (χ0n) is 11.7. The first-order valence-electron chi connectivity index (χ1n) is 6.67. The van der Waals surface area contributed by atoms with Crippen LogP contribution in [0.1, 0.15) is 33.2 Å². The first-order chi connectivity index (χ1) is 10.6. The standard InChI is InChI=1S/C17H12ClNO2S/c1-11(15(18)12-7-3-2-4-8-12)22-19-16(20)13-9-5-6-10-14(13)17(19)21/h2-10H,1H3/b15-11+. The number of nitrogens with zero attached hydrogens (tertiary/aromatic N) is 1. The van der Waals surface area contributed by atoms with Crippen molar-refractivity contribution in [1.82, 2.24) is 4.31 Å². The molecule has 0 aromatic heterocycles. The van der Waals surface area contributed by atoms with Gasteiger partial charge in [-0.05, 0) is 36.6 Å². The number of hydrogen-bond acceptors (Lipinski definition) is 3. The highest BCUT2D eigenvalue weighted by Crippen LogP contribution is 2.36. The molecule has 0 unspecified atom stereocenters. The maximum atomic E-state index is 12.3. The highest BCUT2D eigenvalue weighted by atomic mass is 35.5. The van der Waals surface area contributed by atoms with Crippen molar-refractivity contribution in [3.05, 3.63) is 76.2 Å². The van der Waals surface area contributed by atoms with Gasteiger partial charge in [-0.1, -0.05) is 54.1 Å². The maximum absolute atomic E-state index is 12.3. The minimum Gasteiger partial charge on any atom is -0.268 e. The summed E-state index contributed by atoms with van der Waals surface area (Å²) in [5.41, 5.74) is 1.72. The van der Waals surface area contributed by atoms with Crippen molar-refractivity contribution in [1.29, 1.82) is 0 Å². The highest BCUT2D eigenvalue weighted by molar-refractivity contribution is 8.02. The van der Waals surface area contributed by atoms with Crippen LogP contribution in [0, 0.1) is 0 Å². The summed E-state index contributed by atoms with van der Waals surface area (Å²) >= 11 is 7.42. The van der Waals surface area contributed by atoms with Crippen LogP contribution in [0.5, 0.6) is 0 Å². The summed E-state index contributed by atoms with van der Waals surface area (Å²) < 4.78 is 1.16. The normalized spacial score (nSPS) is 14.9. The molecule has 0 aliphatic carbocycles. The summed E-state index contributed by atoms with van der Waals surface area (Å²) in [5.74, 6) is -0.607. The fraction of sp³-hybridized carbons (Fsp3) is 0.0588. The van der Waals surface area contributed by atoms with Crippen LogP contribution in [0.15, 0.2) is 59.5 Å². The number of fused-ring (bicyclic) bond motifs is 1. The van der Waals surface area contributed by atoms with Crippen molar-refractivity contribution in [3.8, 4) is 0 Å². The molecule has 0 N–H and O–H groups in total. The van der Waals surface area contributed by atoms with Crippen molar-refractivity contribution in [2.45, 2.75) is 6.92 Å². The third kappa shape index (κ3) is 2.56. The first-order valence-corrected chi connectivity index (χ1v) is 7.82. The molecule has 0 bridgehead atoms. The van der Waals surface area contributed by atoms with E-state index in [1.54, 1.807) is 31.2 Å². The van der Waals surface area contributed by atoms with Crippen molar-refractivity contribution in [3.63, 3.8) is 0 Å². The Morgan fingerprint density at radius 3 is 1.95 bits per heavy atom. The average Bonchev–Trinajstić information content (AvgIpc) is 2.80. The molecule has 0 radical (unpaired) electrons. The second-order valence-electron chi connectivity index (χ2n) is 4.78. The molecule has 110 valence electrons. The summed E-state index contributed by atoms with van der Waals surface area (Å²) in [4.78, 5) is 25.3. The largest absolute Gasteiger partial charge is 0.272 e. The fourth-order valence-corrected chi connectivity index (χ4v) is 3.28. The quantitative estimate of drug-likeness (QED) is 0.612. The van der Waals surface area contributed by atoms with Gasteiger partial charge in [0.2, 0.25) is 0 Å². The molecular weight excluding hydrogens is 318 g/mol. The van der Waals surface area contributed by atoms with Gasteiger partial charge in [0.25, 0.3) is 11.8 Å². The SMILES string of the molecule is C/C(SN1C(=O)c2ccccc2C1=O)=C(\Cl)c1ccccc1. The molecule has 2 aromatic rings. The van der Waals surface area contributed by atoms with Crippen LogP contribution in [0.3, 0.4) is 0 Å². The topological polar surface area (TPSA) is 37.4 Å². The van der Waals surface area contributed by atoms with Gasteiger partial charge < -0.3 is 0 Å². The lowest BCUT2D eigenvalue weighted by atomic mass is 10.1. The molecule has 5 heteroatoms. The van der Waals surface area contributed by atoms with E-state index in [4.69, 9.17) is 11.6 Å². The minimum absolute atomic E-state index is 0.303. The molecule has 2 aromatic carbocycles. The van der Waals surface area contributed by atoms with Crippen LogP contribution in [-0.4, -0.2) is 16.1 Å². The van der Waals surface area contributed by atoms with E-state index >= 15 is 0 Å². The molecular formula is C17H12ClNO2S. The molecule has 1 aliphatic heterocycles. The molecule has 3 rings (SSSR count). The van der Waals surface area contributed by atoms with E-state index < -0.39 is 0 Å². The number of allylic oxidation sites excluding steroid dienone is 1. The lowest BCUT2D eigenvalue weighted by molar-refractivity contribution is 0.0777. The van der Waals surface area contributed by atoms with Crippen LogP contribution in [0.2, 0.25) is 0 Å². The van der Waals surface area contributed by atoms with E-state index in [1.807, 2.05) is 30.3 Å². The van der Waals surface area contributed by atoms with Gasteiger partial charge >= 0.3 is 0 Å². The van der Waals surface area contributed by atoms with Gasteiger partial charge in [-0.25, -0.2) is 4.31 Å². The summed E-state index contributed by atoms with van der Waals surface area (Å²) in [6.45, 7) is 1.80. The third-order valence-electron chi connectivity index (χ3n) is 3.32. The third-order valence-corrected chi connectivity index (χ3v) is 4.93. The molecule has 0 saturated carbocycles. The Morgan fingerprint density at radius 2 is 1.41 bits per heavy atom. The Morgan fingerprint density at radius 1 is 0.909 bits per heavy atom. The Labute approximate surface area is 137 Å². The Hall–Kier alpha value is -2.04. The highest BCUT2D eigenvalue weighted by Gasteiger charge is 2.36. The molecule has 0 atom stereocenters. The predicted octanol–water partition coefficient (Wildman–Crippen LogP) is 4.56. The number of carbonyl (C=O) groups excluding carboxylic acids is 2. The van der Waals surface area contributed by atoms with Crippen LogP contribution < -0.4 is 0 Å². The molecule has 1 heterocycles. The second-order valence-corrected chi connectivity index (χ2v) is 6.32. The molecule has 0 saturated heterocycles. The number of rotatable bonds is 3. The van der Waals surface area contributed by atoms with Gasteiger partial charge in [-0.3, -0.25) is 9.59 Å². The van der Waals surface area contributed by atoms with E-state index in [-0.39, 0.29) is 11.8 Å². The number of imide groups is 1. The molecule has 22 heavy (non-hydrogen) atoms. The van der Waals surface area contributed by atoms with Crippen molar-refractivity contribution >= 4 is 40.4 Å². The molecule has 3 nitrogen and oxygen atoms in total. The Bertz CT molecular complexity index is 751. The summed E-state index contributed by atoms with van der Waals surface area (Å²) in [5, 5.41) is 0.530. The summed E-state index contributed by atoms with van der Waals surface area (Å²) in [6, 6.07) is 16.3. The van der Waals surface area contributed by atoms with Crippen molar-refractivity contribution in [2.24, 2.45) is 0 Å². The van der Waals surface area contributed by atoms with E-state index in [1.165, 1.54) is 0 Å². The van der Waals surface area contributed by atoms with E-state index in [0.29, 0.717) is 21.1 Å². The smallest absolute Gasteiger partial charge is 0.268 e. The van der Waals surface area contributed by atoms with Crippen molar-refractivity contribution < 1.29 is 9.59 Å². The van der Waals surface area contributed by atoms with Gasteiger partial charge in [-0.15, -0.1) is 0 Å². The number of carbonyl (C=O) groups is 2. The monoisotopic (exact) mass is 329 g/mol. The van der Waals surface area contributed by atoms with E-state index in [2.05, 4.69) is 0 Å². The van der Waals surface area contributed by atoms with Crippen LogP contribution in [0.4, 0.5) is 0 Å². The summed E-state index contributed by atoms with van der Waals surface area (Å²) in [7, 11) is 0. The maximum Gasteiger partial charge on any atom is 0.272 e. The van der Waals surface area contributed by atoms with E-state index in [0.717, 1.165) is 21.8 Å². The lowest BCUT2D eigenvalue weighted by Gasteiger charge is -2.13. The number of amides is 2.